The Balaban J connectivity index is 1.89. The first-order valence-electron chi connectivity index (χ1n) is 6.93. The van der Waals surface area contributed by atoms with Gasteiger partial charge in [0.15, 0.2) is 0 Å². The van der Waals surface area contributed by atoms with Gasteiger partial charge in [0.1, 0.15) is 5.75 Å². The van der Waals surface area contributed by atoms with Crippen LogP contribution in [0.25, 0.3) is 0 Å². The fraction of sp³-hybridized carbons (Fsp3) is 0.533. The first-order valence-corrected chi connectivity index (χ1v) is 6.93. The number of para-hydroxylation sites is 2. The zero-order valence-corrected chi connectivity index (χ0v) is 11.3. The van der Waals surface area contributed by atoms with E-state index in [1.54, 1.807) is 7.11 Å². The molecule has 1 spiro atoms. The number of piperidine rings is 1. The van der Waals surface area contributed by atoms with E-state index in [0.717, 1.165) is 50.3 Å². The molecule has 2 aliphatic heterocycles. The van der Waals surface area contributed by atoms with E-state index in [1.807, 2.05) is 29.2 Å². The van der Waals surface area contributed by atoms with Crippen LogP contribution in [-0.2, 0) is 4.79 Å². The van der Waals surface area contributed by atoms with Gasteiger partial charge in [0, 0.05) is 13.1 Å². The third-order valence-corrected chi connectivity index (χ3v) is 4.36. The van der Waals surface area contributed by atoms with Gasteiger partial charge in [-0.25, -0.2) is 0 Å². The number of amides is 1. The molecule has 1 atom stereocenters. The lowest BCUT2D eigenvalue weighted by molar-refractivity contribution is -0.126. The van der Waals surface area contributed by atoms with Crippen molar-refractivity contribution in [1.29, 1.82) is 0 Å². The van der Waals surface area contributed by atoms with Crippen molar-refractivity contribution in [3.63, 3.8) is 0 Å². The molecule has 2 fully saturated rings. The summed E-state index contributed by atoms with van der Waals surface area (Å²) in [6.45, 7) is 2.64. The highest BCUT2D eigenvalue weighted by Crippen LogP contribution is 2.41. The highest BCUT2D eigenvalue weighted by molar-refractivity contribution is 6.01. The van der Waals surface area contributed by atoms with E-state index >= 15 is 0 Å². The summed E-state index contributed by atoms with van der Waals surface area (Å²) in [6.07, 6.45) is 3.03. The van der Waals surface area contributed by atoms with E-state index in [4.69, 9.17) is 4.74 Å². The number of carbonyl (C=O) groups is 1. The fourth-order valence-corrected chi connectivity index (χ4v) is 3.27. The van der Waals surface area contributed by atoms with Crippen molar-refractivity contribution in [3.8, 4) is 5.75 Å². The molecular weight excluding hydrogens is 240 g/mol. The minimum absolute atomic E-state index is 0.181. The number of methoxy groups -OCH3 is 1. The molecule has 102 valence electrons. The summed E-state index contributed by atoms with van der Waals surface area (Å²) < 4.78 is 5.37. The van der Waals surface area contributed by atoms with Crippen molar-refractivity contribution in [2.24, 2.45) is 5.41 Å². The van der Waals surface area contributed by atoms with Gasteiger partial charge in [0.25, 0.3) is 0 Å². The molecule has 2 saturated heterocycles. The molecule has 3 rings (SSSR count). The van der Waals surface area contributed by atoms with Crippen molar-refractivity contribution in [1.82, 2.24) is 5.32 Å². The lowest BCUT2D eigenvalue weighted by atomic mass is 9.79. The standard InChI is InChI=1S/C15H20N2O2/c1-19-13-6-3-2-5-12(13)17-10-8-15(14(17)18)7-4-9-16-11-15/h2-3,5-6,16H,4,7-11H2,1H3. The zero-order valence-electron chi connectivity index (χ0n) is 11.3. The number of ether oxygens (including phenoxy) is 1. The van der Waals surface area contributed by atoms with Gasteiger partial charge in [-0.3, -0.25) is 4.79 Å². The van der Waals surface area contributed by atoms with Crippen LogP contribution in [0.5, 0.6) is 5.75 Å². The maximum absolute atomic E-state index is 12.8. The molecule has 0 bridgehead atoms. The lowest BCUT2D eigenvalue weighted by Crippen LogP contribution is -2.45. The Morgan fingerprint density at radius 1 is 1.32 bits per heavy atom. The Labute approximate surface area is 113 Å². The number of nitrogens with one attached hydrogen (secondary N) is 1. The quantitative estimate of drug-likeness (QED) is 0.881. The van der Waals surface area contributed by atoms with E-state index in [-0.39, 0.29) is 11.3 Å². The predicted octanol–water partition coefficient (Wildman–Crippen LogP) is 1.80. The Kier molecular flexibility index (Phi) is 3.19. The van der Waals surface area contributed by atoms with Crippen LogP contribution in [0.15, 0.2) is 24.3 Å². The number of rotatable bonds is 2. The molecule has 1 amide bonds. The maximum Gasteiger partial charge on any atom is 0.234 e. The Morgan fingerprint density at radius 3 is 2.89 bits per heavy atom. The summed E-state index contributed by atoms with van der Waals surface area (Å²) in [5.41, 5.74) is 0.719. The van der Waals surface area contributed by atoms with E-state index in [9.17, 15) is 4.79 Å². The molecular formula is C15H20N2O2. The average Bonchev–Trinajstić information content (AvgIpc) is 2.77. The van der Waals surface area contributed by atoms with Gasteiger partial charge in [-0.2, -0.15) is 0 Å². The first kappa shape index (κ1) is 12.5. The van der Waals surface area contributed by atoms with Gasteiger partial charge < -0.3 is 15.0 Å². The highest BCUT2D eigenvalue weighted by atomic mass is 16.5. The molecule has 0 aliphatic carbocycles. The molecule has 4 nitrogen and oxygen atoms in total. The second-order valence-electron chi connectivity index (χ2n) is 5.44. The molecule has 4 heteroatoms. The number of benzene rings is 1. The van der Waals surface area contributed by atoms with Gasteiger partial charge in [-0.15, -0.1) is 0 Å². The largest absolute Gasteiger partial charge is 0.495 e. The van der Waals surface area contributed by atoms with Gasteiger partial charge in [-0.1, -0.05) is 12.1 Å². The van der Waals surface area contributed by atoms with Gasteiger partial charge >= 0.3 is 0 Å². The zero-order chi connectivity index (χ0) is 13.3. The number of anilines is 1. The Bertz CT molecular complexity index is 481. The van der Waals surface area contributed by atoms with Gasteiger partial charge in [0.2, 0.25) is 5.91 Å². The summed E-state index contributed by atoms with van der Waals surface area (Å²) in [4.78, 5) is 14.7. The van der Waals surface area contributed by atoms with Crippen LogP contribution in [0.1, 0.15) is 19.3 Å². The lowest BCUT2D eigenvalue weighted by Gasteiger charge is -2.32. The van der Waals surface area contributed by atoms with Crippen molar-refractivity contribution >= 4 is 11.6 Å². The number of nitrogens with zero attached hydrogens (tertiary/aromatic N) is 1. The second-order valence-corrected chi connectivity index (χ2v) is 5.44. The molecule has 0 aromatic heterocycles. The summed E-state index contributed by atoms with van der Waals surface area (Å²) >= 11 is 0. The molecule has 1 unspecified atom stereocenters. The topological polar surface area (TPSA) is 41.6 Å². The van der Waals surface area contributed by atoms with E-state index in [1.165, 1.54) is 0 Å². The SMILES string of the molecule is COc1ccccc1N1CCC2(CCCNC2)C1=O. The van der Waals surface area contributed by atoms with Crippen LogP contribution in [0.3, 0.4) is 0 Å². The van der Waals surface area contributed by atoms with Crippen LogP contribution in [0.2, 0.25) is 0 Å². The second kappa shape index (κ2) is 4.85. The summed E-state index contributed by atoms with van der Waals surface area (Å²) in [5.74, 6) is 1.03. The summed E-state index contributed by atoms with van der Waals surface area (Å²) in [7, 11) is 1.65. The van der Waals surface area contributed by atoms with E-state index < -0.39 is 0 Å². The van der Waals surface area contributed by atoms with Crippen LogP contribution in [-0.4, -0.2) is 32.7 Å². The van der Waals surface area contributed by atoms with Gasteiger partial charge in [0.05, 0.1) is 18.2 Å². The highest BCUT2D eigenvalue weighted by Gasteiger charge is 2.47. The van der Waals surface area contributed by atoms with Crippen LogP contribution in [0.4, 0.5) is 5.69 Å². The number of hydrogen-bond donors (Lipinski definition) is 1. The first-order chi connectivity index (χ1) is 9.27. The van der Waals surface area contributed by atoms with Crippen LogP contribution < -0.4 is 15.0 Å². The molecule has 1 N–H and O–H groups in total. The third kappa shape index (κ3) is 2.00. The molecule has 2 aliphatic rings. The van der Waals surface area contributed by atoms with Crippen molar-refractivity contribution < 1.29 is 9.53 Å². The summed E-state index contributed by atoms with van der Waals surface area (Å²) in [6, 6.07) is 7.76. The van der Waals surface area contributed by atoms with Crippen molar-refractivity contribution in [2.75, 3.05) is 31.6 Å². The molecule has 0 radical (unpaired) electrons. The number of carbonyl (C=O) groups excluding carboxylic acids is 1. The monoisotopic (exact) mass is 260 g/mol. The average molecular weight is 260 g/mol. The fourth-order valence-electron chi connectivity index (χ4n) is 3.27. The maximum atomic E-state index is 12.8. The Morgan fingerprint density at radius 2 is 2.16 bits per heavy atom. The molecule has 0 saturated carbocycles. The number of hydrogen-bond acceptors (Lipinski definition) is 3. The van der Waals surface area contributed by atoms with Crippen molar-refractivity contribution in [2.45, 2.75) is 19.3 Å². The van der Waals surface area contributed by atoms with Crippen molar-refractivity contribution in [3.05, 3.63) is 24.3 Å². The van der Waals surface area contributed by atoms with Gasteiger partial charge in [-0.05, 0) is 37.9 Å². The minimum atomic E-state index is -0.181. The Hall–Kier alpha value is -1.55. The predicted molar refractivity (Wildman–Crippen MR) is 74.5 cm³/mol. The third-order valence-electron chi connectivity index (χ3n) is 4.36. The van der Waals surface area contributed by atoms with Crippen LogP contribution >= 0.6 is 0 Å². The molecule has 1 aromatic carbocycles. The summed E-state index contributed by atoms with van der Waals surface area (Å²) in [5, 5.41) is 3.37. The molecule has 1 aromatic rings. The smallest absolute Gasteiger partial charge is 0.234 e. The van der Waals surface area contributed by atoms with E-state index in [2.05, 4.69) is 5.32 Å². The minimum Gasteiger partial charge on any atom is -0.495 e. The normalized spacial score (nSPS) is 27.0. The van der Waals surface area contributed by atoms with E-state index in [0.29, 0.717) is 0 Å². The molecule has 2 heterocycles. The van der Waals surface area contributed by atoms with Crippen LogP contribution in [0, 0.1) is 5.41 Å². The molecule has 19 heavy (non-hydrogen) atoms.